The van der Waals surface area contributed by atoms with E-state index in [1.54, 1.807) is 0 Å². The number of nitrogens with zero attached hydrogens (tertiary/aromatic N) is 2. The average molecular weight is 262 g/mol. The second kappa shape index (κ2) is 6.34. The summed E-state index contributed by atoms with van der Waals surface area (Å²) in [4.78, 5) is 23.8. The van der Waals surface area contributed by atoms with E-state index in [-0.39, 0.29) is 30.1 Å². The number of aromatic hydroxyl groups is 1. The van der Waals surface area contributed by atoms with Gasteiger partial charge in [0.15, 0.2) is 0 Å². The topological polar surface area (TPSA) is 83.7 Å². The molecule has 0 saturated heterocycles. The summed E-state index contributed by atoms with van der Waals surface area (Å²) in [5, 5.41) is 20.3. The fourth-order valence-corrected chi connectivity index (χ4v) is 1.58. The Morgan fingerprint density at radius 3 is 2.42 bits per heavy atom. The number of benzene rings is 1. The van der Waals surface area contributed by atoms with Crippen LogP contribution >= 0.6 is 0 Å². The molecule has 0 fully saturated rings. The molecule has 19 heavy (non-hydrogen) atoms. The standard InChI is InChI=1S/C13H14N2O4/c1-3-7-14(8-4-2)13(17)11-9-10(16)5-6-12(11)15(18)19/h3-6,9,16H,1-2,7-8H2. The van der Waals surface area contributed by atoms with Gasteiger partial charge in [0.2, 0.25) is 0 Å². The fraction of sp³-hybridized carbons (Fsp3) is 0.154. The second-order valence-electron chi connectivity index (χ2n) is 3.75. The number of hydrogen-bond donors (Lipinski definition) is 1. The maximum atomic E-state index is 12.2. The zero-order chi connectivity index (χ0) is 14.4. The summed E-state index contributed by atoms with van der Waals surface area (Å²) >= 11 is 0. The highest BCUT2D eigenvalue weighted by atomic mass is 16.6. The van der Waals surface area contributed by atoms with Crippen LogP contribution in [0, 0.1) is 10.1 Å². The molecule has 6 nitrogen and oxygen atoms in total. The lowest BCUT2D eigenvalue weighted by Crippen LogP contribution is -2.31. The number of carbonyl (C=O) groups is 1. The minimum absolute atomic E-state index is 0.159. The van der Waals surface area contributed by atoms with Crippen molar-refractivity contribution in [3.63, 3.8) is 0 Å². The van der Waals surface area contributed by atoms with Crippen LogP contribution in [0.1, 0.15) is 10.4 Å². The van der Waals surface area contributed by atoms with Gasteiger partial charge in [-0.15, -0.1) is 13.2 Å². The van der Waals surface area contributed by atoms with Gasteiger partial charge in [0.25, 0.3) is 11.6 Å². The number of amides is 1. The highest BCUT2D eigenvalue weighted by Crippen LogP contribution is 2.24. The van der Waals surface area contributed by atoms with Crippen molar-refractivity contribution >= 4 is 11.6 Å². The molecule has 0 bridgehead atoms. The molecule has 1 amide bonds. The summed E-state index contributed by atoms with van der Waals surface area (Å²) in [6.07, 6.45) is 3.02. The molecule has 1 N–H and O–H groups in total. The van der Waals surface area contributed by atoms with Crippen LogP contribution in [0.15, 0.2) is 43.5 Å². The Morgan fingerprint density at radius 1 is 1.37 bits per heavy atom. The molecule has 0 heterocycles. The van der Waals surface area contributed by atoms with Gasteiger partial charge in [0, 0.05) is 19.2 Å². The predicted molar refractivity (Wildman–Crippen MR) is 71.1 cm³/mol. The Kier molecular flexibility index (Phi) is 4.82. The Balaban J connectivity index is 3.22. The average Bonchev–Trinajstić information content (AvgIpc) is 2.37. The summed E-state index contributed by atoms with van der Waals surface area (Å²) in [5.41, 5.74) is -0.505. The van der Waals surface area contributed by atoms with Gasteiger partial charge >= 0.3 is 0 Å². The van der Waals surface area contributed by atoms with Crippen molar-refractivity contribution in [3.8, 4) is 5.75 Å². The molecule has 0 atom stereocenters. The summed E-state index contributed by atoms with van der Waals surface area (Å²) in [7, 11) is 0. The van der Waals surface area contributed by atoms with Gasteiger partial charge in [0.1, 0.15) is 11.3 Å². The molecule has 0 radical (unpaired) electrons. The van der Waals surface area contributed by atoms with Crippen molar-refractivity contribution in [2.24, 2.45) is 0 Å². The first kappa shape index (κ1) is 14.4. The third kappa shape index (κ3) is 3.41. The molecule has 0 aliphatic carbocycles. The quantitative estimate of drug-likeness (QED) is 0.483. The van der Waals surface area contributed by atoms with Gasteiger partial charge in [0.05, 0.1) is 4.92 Å². The van der Waals surface area contributed by atoms with Crippen LogP contribution in [-0.2, 0) is 0 Å². The van der Waals surface area contributed by atoms with Crippen molar-refractivity contribution in [1.82, 2.24) is 4.90 Å². The van der Waals surface area contributed by atoms with Gasteiger partial charge in [-0.05, 0) is 12.1 Å². The molecule has 1 aromatic rings. The highest BCUT2D eigenvalue weighted by Gasteiger charge is 2.24. The molecular weight excluding hydrogens is 248 g/mol. The Bertz CT molecular complexity index is 515. The first-order chi connectivity index (χ1) is 9.01. The molecule has 0 aliphatic rings. The maximum absolute atomic E-state index is 12.2. The number of nitro groups is 1. The number of phenolic OH excluding ortho intramolecular Hbond substituents is 1. The third-order valence-corrected chi connectivity index (χ3v) is 2.39. The summed E-state index contributed by atoms with van der Waals surface area (Å²) < 4.78 is 0. The summed E-state index contributed by atoms with van der Waals surface area (Å²) in [6.45, 7) is 7.51. The van der Waals surface area contributed by atoms with E-state index < -0.39 is 10.8 Å². The van der Waals surface area contributed by atoms with E-state index in [4.69, 9.17) is 0 Å². The van der Waals surface area contributed by atoms with Crippen LogP contribution in [0.5, 0.6) is 5.75 Å². The maximum Gasteiger partial charge on any atom is 0.282 e. The first-order valence-electron chi connectivity index (χ1n) is 5.49. The minimum Gasteiger partial charge on any atom is -0.508 e. The number of rotatable bonds is 6. The molecule has 100 valence electrons. The predicted octanol–water partition coefficient (Wildman–Crippen LogP) is 2.11. The Morgan fingerprint density at radius 2 is 1.95 bits per heavy atom. The molecule has 0 saturated carbocycles. The van der Waals surface area contributed by atoms with Crippen LogP contribution in [0.3, 0.4) is 0 Å². The van der Waals surface area contributed by atoms with Crippen molar-refractivity contribution in [1.29, 1.82) is 0 Å². The van der Waals surface area contributed by atoms with E-state index in [2.05, 4.69) is 13.2 Å². The largest absolute Gasteiger partial charge is 0.508 e. The molecule has 1 rings (SSSR count). The van der Waals surface area contributed by atoms with Crippen molar-refractivity contribution in [3.05, 3.63) is 59.2 Å². The van der Waals surface area contributed by atoms with Gasteiger partial charge in [-0.2, -0.15) is 0 Å². The van der Waals surface area contributed by atoms with E-state index in [0.717, 1.165) is 12.1 Å². The highest BCUT2D eigenvalue weighted by molar-refractivity contribution is 5.98. The zero-order valence-corrected chi connectivity index (χ0v) is 10.3. The molecule has 0 spiro atoms. The molecule has 0 unspecified atom stereocenters. The third-order valence-electron chi connectivity index (χ3n) is 2.39. The fourth-order valence-electron chi connectivity index (χ4n) is 1.58. The van der Waals surface area contributed by atoms with Gasteiger partial charge < -0.3 is 10.0 Å². The van der Waals surface area contributed by atoms with E-state index in [1.165, 1.54) is 23.1 Å². The minimum atomic E-state index is -0.660. The second-order valence-corrected chi connectivity index (χ2v) is 3.75. The normalized spacial score (nSPS) is 9.68. The van der Waals surface area contributed by atoms with Crippen LogP contribution in [-0.4, -0.2) is 33.9 Å². The van der Waals surface area contributed by atoms with E-state index in [9.17, 15) is 20.0 Å². The lowest BCUT2D eigenvalue weighted by molar-refractivity contribution is -0.385. The van der Waals surface area contributed by atoms with Gasteiger partial charge in [-0.25, -0.2) is 0 Å². The number of carbonyl (C=O) groups excluding carboxylic acids is 1. The Hall–Kier alpha value is -2.63. The SMILES string of the molecule is C=CCN(CC=C)C(=O)c1cc(O)ccc1[N+](=O)[O-]. The van der Waals surface area contributed by atoms with Gasteiger partial charge in [-0.1, -0.05) is 12.2 Å². The van der Waals surface area contributed by atoms with E-state index in [0.29, 0.717) is 0 Å². The van der Waals surface area contributed by atoms with Crippen LogP contribution in [0.2, 0.25) is 0 Å². The Labute approximate surface area is 110 Å². The van der Waals surface area contributed by atoms with Gasteiger partial charge in [-0.3, -0.25) is 14.9 Å². The van der Waals surface area contributed by atoms with Crippen molar-refractivity contribution in [2.45, 2.75) is 0 Å². The molecule has 0 aliphatic heterocycles. The molecule has 0 aromatic heterocycles. The van der Waals surface area contributed by atoms with Crippen molar-refractivity contribution in [2.75, 3.05) is 13.1 Å². The van der Waals surface area contributed by atoms with E-state index >= 15 is 0 Å². The lowest BCUT2D eigenvalue weighted by Gasteiger charge is -2.19. The number of hydrogen-bond acceptors (Lipinski definition) is 4. The van der Waals surface area contributed by atoms with Crippen LogP contribution < -0.4 is 0 Å². The number of nitro benzene ring substituents is 1. The van der Waals surface area contributed by atoms with Crippen LogP contribution in [0.25, 0.3) is 0 Å². The van der Waals surface area contributed by atoms with Crippen LogP contribution in [0.4, 0.5) is 5.69 Å². The number of phenols is 1. The zero-order valence-electron chi connectivity index (χ0n) is 10.3. The smallest absolute Gasteiger partial charge is 0.282 e. The summed E-state index contributed by atoms with van der Waals surface area (Å²) in [5.74, 6) is -0.756. The molecule has 1 aromatic carbocycles. The molecule has 6 heteroatoms. The summed E-state index contributed by atoms with van der Waals surface area (Å²) in [6, 6.07) is 3.35. The lowest BCUT2D eigenvalue weighted by atomic mass is 10.1. The monoisotopic (exact) mass is 262 g/mol. The van der Waals surface area contributed by atoms with E-state index in [1.807, 2.05) is 0 Å². The molecular formula is C13H14N2O4. The van der Waals surface area contributed by atoms with Crippen molar-refractivity contribution < 1.29 is 14.8 Å². The first-order valence-corrected chi connectivity index (χ1v) is 5.49.